The Labute approximate surface area is 267 Å². The largest absolute Gasteiger partial charge is 0.460 e. The molecule has 4 aromatic rings. The highest BCUT2D eigenvalue weighted by atomic mass is 19.4. The molecule has 4 rings (SSSR count). The number of carbonyl (C=O) groups excluding carboxylic acids is 2. The lowest BCUT2D eigenvalue weighted by atomic mass is 9.94. The number of benzene rings is 3. The van der Waals surface area contributed by atoms with Crippen LogP contribution in [0.25, 0.3) is 33.4 Å². The number of Topliss-reactive ketones (excluding diaryl/α,β-unsaturated/α-hetero) is 1. The van der Waals surface area contributed by atoms with Crippen molar-refractivity contribution in [2.75, 3.05) is 18.5 Å². The van der Waals surface area contributed by atoms with Crippen molar-refractivity contribution in [3.63, 3.8) is 0 Å². The van der Waals surface area contributed by atoms with Crippen molar-refractivity contribution in [3.8, 4) is 28.6 Å². The van der Waals surface area contributed by atoms with E-state index in [2.05, 4.69) is 5.32 Å². The van der Waals surface area contributed by atoms with E-state index in [4.69, 9.17) is 4.42 Å². The van der Waals surface area contributed by atoms with Crippen molar-refractivity contribution in [2.45, 2.75) is 50.6 Å². The van der Waals surface area contributed by atoms with Crippen LogP contribution in [0.4, 0.5) is 45.2 Å². The summed E-state index contributed by atoms with van der Waals surface area (Å²) in [5.74, 6) is -21.4. The Morgan fingerprint density at radius 2 is 1.54 bits per heavy atom. The molecular formula is C33H26F9N3O3. The average molecular weight is 684 g/mol. The topological polar surface area (TPSA) is 86.3 Å². The number of alkyl halides is 9. The van der Waals surface area contributed by atoms with Gasteiger partial charge in [-0.2, -0.15) is 44.8 Å². The number of ketones is 1. The summed E-state index contributed by atoms with van der Waals surface area (Å²) in [7, 11) is 1.41. The number of nitriles is 1. The minimum Gasteiger partial charge on any atom is -0.455 e. The van der Waals surface area contributed by atoms with Gasteiger partial charge in [0.1, 0.15) is 11.3 Å². The highest BCUT2D eigenvalue weighted by molar-refractivity contribution is 6.13. The highest BCUT2D eigenvalue weighted by Crippen LogP contribution is 2.54. The molecule has 48 heavy (non-hydrogen) atoms. The van der Waals surface area contributed by atoms with Gasteiger partial charge < -0.3 is 9.73 Å². The van der Waals surface area contributed by atoms with Crippen LogP contribution in [0.2, 0.25) is 0 Å². The first kappa shape index (κ1) is 35.8. The van der Waals surface area contributed by atoms with E-state index >= 15 is 0 Å². The van der Waals surface area contributed by atoms with E-state index in [1.165, 1.54) is 36.2 Å². The monoisotopic (exact) mass is 683 g/mol. The van der Waals surface area contributed by atoms with Crippen molar-refractivity contribution >= 4 is 28.3 Å². The van der Waals surface area contributed by atoms with Gasteiger partial charge >= 0.3 is 23.9 Å². The van der Waals surface area contributed by atoms with E-state index in [-0.39, 0.29) is 45.8 Å². The zero-order chi connectivity index (χ0) is 35.8. The van der Waals surface area contributed by atoms with Crippen LogP contribution in [0.1, 0.15) is 46.0 Å². The lowest BCUT2D eigenvalue weighted by Crippen LogP contribution is -2.60. The van der Waals surface area contributed by atoms with Gasteiger partial charge in [0.25, 0.3) is 5.91 Å². The Kier molecular flexibility index (Phi) is 9.63. The standard InChI is InChI=1S/C33H26F9N3O3/c1-4-45(17-43)24-16-26-23(27(29(47)44-3)28(48-26)19-10-8-18(2)9-11-19)15-22(24)20-6-5-7-21(14-20)25(46)12-13-30(34,35)31(36,37)32(38,39)33(40,41)42/h5-11,14-16H,4,12-13H2,1-3H3,(H,44,47). The zero-order valence-electron chi connectivity index (χ0n) is 25.4. The number of hydrogen-bond acceptors (Lipinski definition) is 5. The van der Waals surface area contributed by atoms with Gasteiger partial charge in [-0.3, -0.25) is 14.5 Å². The number of hydrogen-bond donors (Lipinski definition) is 1. The molecule has 1 heterocycles. The minimum absolute atomic E-state index is 0.134. The molecule has 1 aromatic heterocycles. The lowest BCUT2D eigenvalue weighted by Gasteiger charge is -2.33. The summed E-state index contributed by atoms with van der Waals surface area (Å²) in [6, 6.07) is 15.1. The summed E-state index contributed by atoms with van der Waals surface area (Å²) < 4.78 is 126. The molecule has 0 aliphatic carbocycles. The molecule has 3 aromatic carbocycles. The lowest BCUT2D eigenvalue weighted by molar-refractivity contribution is -0.396. The Morgan fingerprint density at radius 1 is 0.896 bits per heavy atom. The van der Waals surface area contributed by atoms with Crippen molar-refractivity contribution in [2.24, 2.45) is 0 Å². The van der Waals surface area contributed by atoms with Gasteiger partial charge in [-0.1, -0.05) is 48.0 Å². The summed E-state index contributed by atoms with van der Waals surface area (Å²) >= 11 is 0. The number of nitrogens with zero attached hydrogens (tertiary/aromatic N) is 2. The molecule has 1 N–H and O–H groups in total. The van der Waals surface area contributed by atoms with Crippen LogP contribution in [0.15, 0.2) is 65.1 Å². The SMILES string of the molecule is CCN(C#N)c1cc2oc(-c3ccc(C)cc3)c(C(=O)NC)c2cc1-c1cccc(C(=O)CCC(F)(F)C(F)(F)C(F)(F)C(F)(F)F)c1. The molecule has 0 spiro atoms. The van der Waals surface area contributed by atoms with Crippen molar-refractivity contribution in [3.05, 3.63) is 77.4 Å². The molecule has 1 amide bonds. The Morgan fingerprint density at radius 3 is 2.10 bits per heavy atom. The van der Waals surface area contributed by atoms with Gasteiger partial charge in [0.05, 0.1) is 11.3 Å². The van der Waals surface area contributed by atoms with Gasteiger partial charge in [0.15, 0.2) is 12.0 Å². The van der Waals surface area contributed by atoms with Gasteiger partial charge in [-0.25, -0.2) is 0 Å². The fourth-order valence-corrected chi connectivity index (χ4v) is 4.98. The predicted octanol–water partition coefficient (Wildman–Crippen LogP) is 9.17. The number of carbonyl (C=O) groups is 2. The van der Waals surface area contributed by atoms with Crippen LogP contribution in [-0.4, -0.2) is 49.2 Å². The normalized spacial score (nSPS) is 12.6. The predicted molar refractivity (Wildman–Crippen MR) is 158 cm³/mol. The van der Waals surface area contributed by atoms with E-state index < -0.39 is 48.5 Å². The number of anilines is 1. The fraction of sp³-hybridized carbons (Fsp3) is 0.303. The van der Waals surface area contributed by atoms with E-state index in [9.17, 15) is 54.4 Å². The van der Waals surface area contributed by atoms with Gasteiger partial charge in [0, 0.05) is 54.6 Å². The number of halogens is 9. The summed E-state index contributed by atoms with van der Waals surface area (Å²) in [5, 5.41) is 12.7. The van der Waals surface area contributed by atoms with Gasteiger partial charge in [-0.05, 0) is 31.5 Å². The van der Waals surface area contributed by atoms with Gasteiger partial charge in [-0.15, -0.1) is 0 Å². The van der Waals surface area contributed by atoms with E-state index in [1.54, 1.807) is 19.1 Å². The van der Waals surface area contributed by atoms with E-state index in [1.807, 2.05) is 25.2 Å². The fourth-order valence-electron chi connectivity index (χ4n) is 4.98. The maximum atomic E-state index is 14.1. The van der Waals surface area contributed by atoms with Crippen LogP contribution < -0.4 is 10.2 Å². The maximum absolute atomic E-state index is 14.1. The van der Waals surface area contributed by atoms with Crippen molar-refractivity contribution in [1.29, 1.82) is 5.26 Å². The van der Waals surface area contributed by atoms with Crippen LogP contribution in [0.3, 0.4) is 0 Å². The van der Waals surface area contributed by atoms with Gasteiger partial charge in [0.2, 0.25) is 0 Å². The van der Waals surface area contributed by atoms with E-state index in [0.717, 1.165) is 17.7 Å². The number of nitrogens with one attached hydrogen (secondary N) is 1. The molecule has 0 aliphatic rings. The third kappa shape index (κ3) is 6.31. The first-order valence-corrected chi connectivity index (χ1v) is 14.2. The van der Waals surface area contributed by atoms with Crippen molar-refractivity contribution in [1.82, 2.24) is 5.32 Å². The number of furan rings is 1. The van der Waals surface area contributed by atoms with Crippen LogP contribution in [0.5, 0.6) is 0 Å². The first-order chi connectivity index (χ1) is 22.3. The quantitative estimate of drug-likeness (QED) is 0.0738. The average Bonchev–Trinajstić information content (AvgIpc) is 3.41. The molecule has 6 nitrogen and oxygen atoms in total. The third-order valence-electron chi connectivity index (χ3n) is 7.67. The van der Waals surface area contributed by atoms with Crippen molar-refractivity contribution < 1.29 is 53.5 Å². The van der Waals surface area contributed by atoms with Crippen LogP contribution >= 0.6 is 0 Å². The number of fused-ring (bicyclic) bond motifs is 1. The van der Waals surface area contributed by atoms with Crippen LogP contribution in [0, 0.1) is 18.4 Å². The molecule has 15 heteroatoms. The minimum atomic E-state index is -7.06. The molecule has 0 aliphatic heterocycles. The molecule has 0 saturated heterocycles. The maximum Gasteiger partial charge on any atom is 0.460 e. The summed E-state index contributed by atoms with van der Waals surface area (Å²) in [4.78, 5) is 27.2. The summed E-state index contributed by atoms with van der Waals surface area (Å²) in [6.45, 7) is 3.67. The molecule has 0 fully saturated rings. The summed E-state index contributed by atoms with van der Waals surface area (Å²) in [5.41, 5.74) is 2.17. The zero-order valence-corrected chi connectivity index (χ0v) is 25.4. The Balaban J connectivity index is 1.80. The van der Waals surface area contributed by atoms with E-state index in [0.29, 0.717) is 10.9 Å². The number of rotatable bonds is 11. The Bertz CT molecular complexity index is 1890. The first-order valence-electron chi connectivity index (χ1n) is 14.2. The second-order valence-electron chi connectivity index (χ2n) is 10.8. The molecule has 0 bridgehead atoms. The Hall–Kier alpha value is -5.00. The second-order valence-corrected chi connectivity index (χ2v) is 10.8. The van der Waals surface area contributed by atoms with Crippen LogP contribution in [-0.2, 0) is 0 Å². The molecule has 0 unspecified atom stereocenters. The second kappa shape index (κ2) is 12.9. The molecular weight excluding hydrogens is 657 g/mol. The number of aryl methyl sites for hydroxylation is 1. The molecule has 0 atom stereocenters. The molecule has 254 valence electrons. The summed E-state index contributed by atoms with van der Waals surface area (Å²) in [6.07, 6.45) is -8.79. The number of amides is 1. The highest BCUT2D eigenvalue weighted by Gasteiger charge is 2.81. The smallest absolute Gasteiger partial charge is 0.455 e. The molecule has 0 radical (unpaired) electrons. The third-order valence-corrected chi connectivity index (χ3v) is 7.67. The molecule has 0 saturated carbocycles.